The van der Waals surface area contributed by atoms with Crippen molar-refractivity contribution in [3.63, 3.8) is 0 Å². The van der Waals surface area contributed by atoms with E-state index in [2.05, 4.69) is 0 Å². The number of primary amides is 1. The highest BCUT2D eigenvalue weighted by atomic mass is 16.2. The molecule has 4 nitrogen and oxygen atoms in total. The first kappa shape index (κ1) is 12.6. The summed E-state index contributed by atoms with van der Waals surface area (Å²) >= 11 is 0. The second-order valence-corrected chi connectivity index (χ2v) is 4.61. The molecule has 1 aromatic carbocycles. The van der Waals surface area contributed by atoms with Gasteiger partial charge < -0.3 is 10.6 Å². The normalized spacial score (nSPS) is 18.9. The molecule has 0 bridgehead atoms. The minimum Gasteiger partial charge on any atom is -0.368 e. The zero-order valence-electron chi connectivity index (χ0n) is 10.6. The number of hydrogen-bond donors (Lipinski definition) is 1. The van der Waals surface area contributed by atoms with E-state index in [-0.39, 0.29) is 5.91 Å². The Bertz CT molecular complexity index is 471. The Hall–Kier alpha value is -1.84. The number of rotatable bonds is 3. The molecule has 2 N–H and O–H groups in total. The minimum atomic E-state index is -0.442. The second-order valence-electron chi connectivity index (χ2n) is 4.61. The van der Waals surface area contributed by atoms with Crippen molar-refractivity contribution in [1.82, 2.24) is 4.90 Å². The maximum Gasteiger partial charge on any atom is 0.254 e. The number of likely N-dealkylation sites (tertiary alicyclic amines) is 1. The summed E-state index contributed by atoms with van der Waals surface area (Å²) in [5, 5.41) is 0. The van der Waals surface area contributed by atoms with Crippen LogP contribution >= 0.6 is 0 Å². The van der Waals surface area contributed by atoms with Crippen LogP contribution in [-0.2, 0) is 11.2 Å². The van der Waals surface area contributed by atoms with Crippen LogP contribution in [0.4, 0.5) is 0 Å². The molecule has 4 heteroatoms. The molecule has 0 spiro atoms. The van der Waals surface area contributed by atoms with Gasteiger partial charge in [-0.1, -0.05) is 19.1 Å². The second kappa shape index (κ2) is 5.21. The number of benzene rings is 1. The Labute approximate surface area is 107 Å². The zero-order chi connectivity index (χ0) is 13.1. The highest BCUT2D eigenvalue weighted by Crippen LogP contribution is 2.20. The van der Waals surface area contributed by atoms with Gasteiger partial charge in [0.1, 0.15) is 6.04 Å². The van der Waals surface area contributed by atoms with Gasteiger partial charge >= 0.3 is 0 Å². The lowest BCUT2D eigenvalue weighted by Gasteiger charge is -2.22. The van der Waals surface area contributed by atoms with Gasteiger partial charge in [-0.25, -0.2) is 0 Å². The molecule has 1 heterocycles. The number of hydrogen-bond acceptors (Lipinski definition) is 2. The lowest BCUT2D eigenvalue weighted by atomic mass is 10.1. The Kier molecular flexibility index (Phi) is 3.65. The predicted molar refractivity (Wildman–Crippen MR) is 69.1 cm³/mol. The third kappa shape index (κ3) is 2.37. The summed E-state index contributed by atoms with van der Waals surface area (Å²) < 4.78 is 0. The highest BCUT2D eigenvalue weighted by Gasteiger charge is 2.33. The summed E-state index contributed by atoms with van der Waals surface area (Å²) in [6.07, 6.45) is 2.40. The van der Waals surface area contributed by atoms with Gasteiger partial charge in [-0.3, -0.25) is 9.59 Å². The van der Waals surface area contributed by atoms with Gasteiger partial charge in [0.15, 0.2) is 0 Å². The van der Waals surface area contributed by atoms with E-state index in [1.54, 1.807) is 11.0 Å². The van der Waals surface area contributed by atoms with Gasteiger partial charge in [-0.2, -0.15) is 0 Å². The number of nitrogens with zero attached hydrogens (tertiary/aromatic N) is 1. The molecule has 2 rings (SSSR count). The SMILES string of the molecule is CCc1cccc(C(=O)N2CCC[C@@H]2C(N)=O)c1. The van der Waals surface area contributed by atoms with Crippen molar-refractivity contribution in [2.24, 2.45) is 5.73 Å². The maximum atomic E-state index is 12.3. The molecule has 0 saturated carbocycles. The van der Waals surface area contributed by atoms with E-state index in [4.69, 9.17) is 5.73 Å². The monoisotopic (exact) mass is 246 g/mol. The number of carbonyl (C=O) groups is 2. The molecule has 0 aromatic heterocycles. The van der Waals surface area contributed by atoms with E-state index in [1.165, 1.54) is 0 Å². The van der Waals surface area contributed by atoms with Gasteiger partial charge in [0.25, 0.3) is 5.91 Å². The van der Waals surface area contributed by atoms with Crippen LogP contribution in [0.25, 0.3) is 0 Å². The van der Waals surface area contributed by atoms with E-state index in [1.807, 2.05) is 25.1 Å². The third-order valence-corrected chi connectivity index (χ3v) is 3.42. The molecule has 1 saturated heterocycles. The highest BCUT2D eigenvalue weighted by molar-refractivity contribution is 5.97. The van der Waals surface area contributed by atoms with Crippen LogP contribution in [0.5, 0.6) is 0 Å². The quantitative estimate of drug-likeness (QED) is 0.874. The summed E-state index contributed by atoms with van der Waals surface area (Å²) in [7, 11) is 0. The Balaban J connectivity index is 2.22. The van der Waals surface area contributed by atoms with Crippen LogP contribution in [-0.4, -0.2) is 29.3 Å². The molecule has 2 amide bonds. The Morgan fingerprint density at radius 1 is 1.44 bits per heavy atom. The fraction of sp³-hybridized carbons (Fsp3) is 0.429. The van der Waals surface area contributed by atoms with E-state index in [0.717, 1.165) is 18.4 Å². The van der Waals surface area contributed by atoms with Crippen molar-refractivity contribution < 1.29 is 9.59 Å². The molecule has 0 radical (unpaired) electrons. The molecule has 1 aromatic rings. The first-order valence-electron chi connectivity index (χ1n) is 6.32. The van der Waals surface area contributed by atoms with Gasteiger partial charge in [0.2, 0.25) is 5.91 Å². The lowest BCUT2D eigenvalue weighted by molar-refractivity contribution is -0.121. The van der Waals surface area contributed by atoms with Gasteiger partial charge in [0, 0.05) is 12.1 Å². The molecule has 1 fully saturated rings. The van der Waals surface area contributed by atoms with E-state index in [0.29, 0.717) is 18.5 Å². The molecule has 1 aliphatic heterocycles. The fourth-order valence-electron chi connectivity index (χ4n) is 2.40. The van der Waals surface area contributed by atoms with Crippen LogP contribution in [0.15, 0.2) is 24.3 Å². The Morgan fingerprint density at radius 2 is 2.22 bits per heavy atom. The van der Waals surface area contributed by atoms with Gasteiger partial charge in [0.05, 0.1) is 0 Å². The number of nitrogens with two attached hydrogens (primary N) is 1. The zero-order valence-corrected chi connectivity index (χ0v) is 10.6. The van der Waals surface area contributed by atoms with Crippen molar-refractivity contribution in [1.29, 1.82) is 0 Å². The third-order valence-electron chi connectivity index (χ3n) is 3.42. The molecule has 0 aliphatic carbocycles. The molecule has 18 heavy (non-hydrogen) atoms. The van der Waals surface area contributed by atoms with Gasteiger partial charge in [-0.15, -0.1) is 0 Å². The van der Waals surface area contributed by atoms with Crippen LogP contribution in [0, 0.1) is 0 Å². The molecule has 96 valence electrons. The number of carbonyl (C=O) groups excluding carboxylic acids is 2. The summed E-state index contributed by atoms with van der Waals surface area (Å²) in [6.45, 7) is 2.66. The van der Waals surface area contributed by atoms with Crippen LogP contribution in [0.3, 0.4) is 0 Å². The molecular weight excluding hydrogens is 228 g/mol. The average Bonchev–Trinajstić information content (AvgIpc) is 2.87. The largest absolute Gasteiger partial charge is 0.368 e. The van der Waals surface area contributed by atoms with E-state index >= 15 is 0 Å². The summed E-state index contributed by atoms with van der Waals surface area (Å²) in [5.41, 5.74) is 7.09. The standard InChI is InChI=1S/C14H18N2O2/c1-2-10-5-3-6-11(9-10)14(18)16-8-4-7-12(16)13(15)17/h3,5-6,9,12H,2,4,7-8H2,1H3,(H2,15,17)/t12-/m1/s1. The Morgan fingerprint density at radius 3 is 2.89 bits per heavy atom. The molecule has 1 aliphatic rings. The topological polar surface area (TPSA) is 63.4 Å². The van der Waals surface area contributed by atoms with Crippen LogP contribution in [0.2, 0.25) is 0 Å². The van der Waals surface area contributed by atoms with Crippen molar-refractivity contribution in [3.05, 3.63) is 35.4 Å². The maximum absolute atomic E-state index is 12.3. The number of aryl methyl sites for hydroxylation is 1. The molecule has 1 atom stereocenters. The van der Waals surface area contributed by atoms with Crippen molar-refractivity contribution in [2.75, 3.05) is 6.54 Å². The summed E-state index contributed by atoms with van der Waals surface area (Å²) in [5.74, 6) is -0.501. The first-order valence-corrected chi connectivity index (χ1v) is 6.32. The number of amides is 2. The van der Waals surface area contributed by atoms with Crippen LogP contribution in [0.1, 0.15) is 35.7 Å². The van der Waals surface area contributed by atoms with Gasteiger partial charge in [-0.05, 0) is 37.0 Å². The summed E-state index contributed by atoms with van der Waals surface area (Å²) in [4.78, 5) is 25.2. The van der Waals surface area contributed by atoms with E-state index in [9.17, 15) is 9.59 Å². The molecular formula is C14H18N2O2. The summed E-state index contributed by atoms with van der Waals surface area (Å²) in [6, 6.07) is 7.10. The molecule has 0 unspecified atom stereocenters. The smallest absolute Gasteiger partial charge is 0.254 e. The van der Waals surface area contributed by atoms with E-state index < -0.39 is 11.9 Å². The fourth-order valence-corrected chi connectivity index (χ4v) is 2.40. The minimum absolute atomic E-state index is 0.0911. The van der Waals surface area contributed by atoms with Crippen molar-refractivity contribution >= 4 is 11.8 Å². The first-order chi connectivity index (χ1) is 8.63. The van der Waals surface area contributed by atoms with Crippen LogP contribution < -0.4 is 5.73 Å². The van der Waals surface area contributed by atoms with Crippen molar-refractivity contribution in [3.8, 4) is 0 Å². The average molecular weight is 246 g/mol. The van der Waals surface area contributed by atoms with Crippen molar-refractivity contribution in [2.45, 2.75) is 32.2 Å². The predicted octanol–water partition coefficient (Wildman–Crippen LogP) is 1.34. The lowest BCUT2D eigenvalue weighted by Crippen LogP contribution is -2.43.